The topological polar surface area (TPSA) is 83.0 Å². The van der Waals surface area contributed by atoms with E-state index in [0.29, 0.717) is 12.4 Å². The van der Waals surface area contributed by atoms with Gasteiger partial charge in [0.05, 0.1) is 17.8 Å². The summed E-state index contributed by atoms with van der Waals surface area (Å²) in [6.07, 6.45) is 1.71. The zero-order chi connectivity index (χ0) is 14.8. The minimum Gasteiger partial charge on any atom is -0.461 e. The summed E-state index contributed by atoms with van der Waals surface area (Å²) in [6, 6.07) is 11.0. The average Bonchev–Trinajstić information content (AvgIpc) is 2.89. The largest absolute Gasteiger partial charge is 0.461 e. The summed E-state index contributed by atoms with van der Waals surface area (Å²) in [4.78, 5) is 16.1. The van der Waals surface area contributed by atoms with Gasteiger partial charge in [-0.25, -0.2) is 9.48 Å². The van der Waals surface area contributed by atoms with Gasteiger partial charge in [-0.3, -0.25) is 4.98 Å². The smallest absolute Gasteiger partial charge is 0.358 e. The van der Waals surface area contributed by atoms with E-state index in [1.165, 1.54) is 10.7 Å². The molecule has 6 heteroatoms. The van der Waals surface area contributed by atoms with Crippen LogP contribution in [0.15, 0.2) is 42.6 Å². The number of nitrogens with two attached hydrogens (primary N) is 1. The third kappa shape index (κ3) is 2.31. The minimum atomic E-state index is -0.490. The Labute approximate surface area is 121 Å². The van der Waals surface area contributed by atoms with Crippen molar-refractivity contribution in [2.45, 2.75) is 6.92 Å². The molecule has 0 aliphatic heterocycles. The molecule has 6 nitrogen and oxygen atoms in total. The Balaban J connectivity index is 2.13. The van der Waals surface area contributed by atoms with E-state index in [4.69, 9.17) is 10.5 Å². The first-order valence-electron chi connectivity index (χ1n) is 6.57. The number of para-hydroxylation sites is 1. The number of carbonyl (C=O) groups is 1. The summed E-state index contributed by atoms with van der Waals surface area (Å²) in [5.74, 6) is -0.132. The molecule has 2 aromatic heterocycles. The molecule has 3 aromatic rings. The second kappa shape index (κ2) is 5.24. The Bertz CT molecular complexity index is 805. The van der Waals surface area contributed by atoms with Crippen molar-refractivity contribution < 1.29 is 9.53 Å². The van der Waals surface area contributed by atoms with Gasteiger partial charge in [0.2, 0.25) is 0 Å². The third-order valence-corrected chi connectivity index (χ3v) is 3.06. The quantitative estimate of drug-likeness (QED) is 0.744. The maximum absolute atomic E-state index is 11.7. The summed E-state index contributed by atoms with van der Waals surface area (Å²) in [5, 5.41) is 5.20. The van der Waals surface area contributed by atoms with Crippen LogP contribution in [-0.4, -0.2) is 27.3 Å². The number of pyridine rings is 1. The number of benzene rings is 1. The fourth-order valence-electron chi connectivity index (χ4n) is 2.15. The molecule has 2 heterocycles. The predicted octanol–water partition coefficient (Wildman–Crippen LogP) is 2.18. The molecule has 0 spiro atoms. The predicted molar refractivity (Wildman–Crippen MR) is 79.2 cm³/mol. The molecule has 3 rings (SSSR count). The number of anilines is 1. The van der Waals surface area contributed by atoms with Gasteiger partial charge in [0.1, 0.15) is 5.82 Å². The maximum Gasteiger partial charge on any atom is 0.358 e. The Morgan fingerprint density at radius 3 is 2.95 bits per heavy atom. The Morgan fingerprint density at radius 2 is 2.14 bits per heavy atom. The summed E-state index contributed by atoms with van der Waals surface area (Å²) in [7, 11) is 0. The number of hydrogen-bond acceptors (Lipinski definition) is 5. The Kier molecular flexibility index (Phi) is 3.27. The van der Waals surface area contributed by atoms with E-state index in [1.54, 1.807) is 13.1 Å². The molecule has 0 aliphatic rings. The first kappa shape index (κ1) is 13.1. The zero-order valence-electron chi connectivity index (χ0n) is 11.5. The molecule has 21 heavy (non-hydrogen) atoms. The molecule has 0 aliphatic carbocycles. The number of aromatic nitrogens is 3. The number of nitrogen functional groups attached to an aromatic ring is 1. The van der Waals surface area contributed by atoms with Gasteiger partial charge >= 0.3 is 5.97 Å². The number of hydrogen-bond donors (Lipinski definition) is 1. The lowest BCUT2D eigenvalue weighted by Crippen LogP contribution is -2.07. The molecule has 0 saturated heterocycles. The van der Waals surface area contributed by atoms with Crippen LogP contribution < -0.4 is 5.73 Å². The highest BCUT2D eigenvalue weighted by molar-refractivity contribution is 5.90. The lowest BCUT2D eigenvalue weighted by Gasteiger charge is -2.07. The minimum absolute atomic E-state index is 0.183. The van der Waals surface area contributed by atoms with Gasteiger partial charge in [0.15, 0.2) is 5.69 Å². The number of esters is 1. The highest BCUT2D eigenvalue weighted by Crippen LogP contribution is 2.22. The molecule has 0 bridgehead atoms. The zero-order valence-corrected chi connectivity index (χ0v) is 11.5. The van der Waals surface area contributed by atoms with Crippen molar-refractivity contribution in [1.29, 1.82) is 0 Å². The number of nitrogens with zero attached hydrogens (tertiary/aromatic N) is 3. The normalized spacial score (nSPS) is 10.7. The van der Waals surface area contributed by atoms with E-state index in [0.717, 1.165) is 16.6 Å². The van der Waals surface area contributed by atoms with Crippen LogP contribution >= 0.6 is 0 Å². The molecular weight excluding hydrogens is 268 g/mol. The second-order valence-electron chi connectivity index (χ2n) is 4.44. The van der Waals surface area contributed by atoms with E-state index >= 15 is 0 Å². The van der Waals surface area contributed by atoms with Gasteiger partial charge in [-0.05, 0) is 19.1 Å². The van der Waals surface area contributed by atoms with Gasteiger partial charge in [-0.1, -0.05) is 18.2 Å². The monoisotopic (exact) mass is 282 g/mol. The van der Waals surface area contributed by atoms with Crippen molar-refractivity contribution in [3.05, 3.63) is 48.3 Å². The standard InChI is InChI=1S/C15H14N4O2/c1-2-21-15(20)11-9-13(16)19(18-11)12-7-3-5-10-6-4-8-17-14(10)12/h3-9H,2,16H2,1H3. The molecule has 1 aromatic carbocycles. The first-order valence-corrected chi connectivity index (χ1v) is 6.57. The van der Waals surface area contributed by atoms with Crippen molar-refractivity contribution in [3.8, 4) is 5.69 Å². The highest BCUT2D eigenvalue weighted by Gasteiger charge is 2.16. The molecule has 0 saturated carbocycles. The van der Waals surface area contributed by atoms with Crippen LogP contribution in [0.1, 0.15) is 17.4 Å². The number of carbonyl (C=O) groups excluding carboxylic acids is 1. The summed E-state index contributed by atoms with van der Waals surface area (Å²) in [6.45, 7) is 2.04. The Hall–Kier alpha value is -2.89. The molecule has 106 valence electrons. The van der Waals surface area contributed by atoms with Crippen molar-refractivity contribution in [2.75, 3.05) is 12.3 Å². The van der Waals surface area contributed by atoms with E-state index in [-0.39, 0.29) is 5.69 Å². The SMILES string of the molecule is CCOC(=O)c1cc(N)n(-c2cccc3cccnc23)n1. The number of ether oxygens (including phenoxy) is 1. The van der Waals surface area contributed by atoms with Gasteiger partial charge in [0.25, 0.3) is 0 Å². The fraction of sp³-hybridized carbons (Fsp3) is 0.133. The fourth-order valence-corrected chi connectivity index (χ4v) is 2.15. The van der Waals surface area contributed by atoms with Gasteiger partial charge in [-0.15, -0.1) is 0 Å². The van der Waals surface area contributed by atoms with Crippen molar-refractivity contribution in [1.82, 2.24) is 14.8 Å². The summed E-state index contributed by atoms with van der Waals surface area (Å²) < 4.78 is 6.44. The number of rotatable bonds is 3. The van der Waals surface area contributed by atoms with Crippen LogP contribution in [0, 0.1) is 0 Å². The number of fused-ring (bicyclic) bond motifs is 1. The third-order valence-electron chi connectivity index (χ3n) is 3.06. The second-order valence-corrected chi connectivity index (χ2v) is 4.44. The van der Waals surface area contributed by atoms with Crippen LogP contribution in [0.5, 0.6) is 0 Å². The lowest BCUT2D eigenvalue weighted by molar-refractivity contribution is 0.0519. The van der Waals surface area contributed by atoms with Crippen LogP contribution in [0.25, 0.3) is 16.6 Å². The Morgan fingerprint density at radius 1 is 1.33 bits per heavy atom. The van der Waals surface area contributed by atoms with E-state index in [2.05, 4.69) is 10.1 Å². The average molecular weight is 282 g/mol. The van der Waals surface area contributed by atoms with Gasteiger partial charge < -0.3 is 10.5 Å². The molecule has 0 fully saturated rings. The van der Waals surface area contributed by atoms with Crippen molar-refractivity contribution >= 4 is 22.7 Å². The van der Waals surface area contributed by atoms with Gasteiger partial charge in [-0.2, -0.15) is 5.10 Å². The van der Waals surface area contributed by atoms with Crippen LogP contribution in [0.2, 0.25) is 0 Å². The molecule has 0 unspecified atom stereocenters. The van der Waals surface area contributed by atoms with Crippen molar-refractivity contribution in [2.24, 2.45) is 0 Å². The van der Waals surface area contributed by atoms with Gasteiger partial charge in [0, 0.05) is 17.6 Å². The van der Waals surface area contributed by atoms with E-state index in [1.807, 2.05) is 30.3 Å². The molecular formula is C15H14N4O2. The molecule has 0 atom stereocenters. The highest BCUT2D eigenvalue weighted by atomic mass is 16.5. The molecule has 0 radical (unpaired) electrons. The van der Waals surface area contributed by atoms with Crippen LogP contribution in [0.3, 0.4) is 0 Å². The van der Waals surface area contributed by atoms with E-state index < -0.39 is 5.97 Å². The first-order chi connectivity index (χ1) is 10.2. The summed E-state index contributed by atoms with van der Waals surface area (Å²) in [5.41, 5.74) is 7.64. The molecule has 0 amide bonds. The van der Waals surface area contributed by atoms with Crippen LogP contribution in [-0.2, 0) is 4.74 Å². The lowest BCUT2D eigenvalue weighted by atomic mass is 10.2. The molecule has 2 N–H and O–H groups in total. The van der Waals surface area contributed by atoms with E-state index in [9.17, 15) is 4.79 Å². The summed E-state index contributed by atoms with van der Waals surface area (Å²) >= 11 is 0. The van der Waals surface area contributed by atoms with Crippen LogP contribution in [0.4, 0.5) is 5.82 Å². The van der Waals surface area contributed by atoms with Crippen molar-refractivity contribution in [3.63, 3.8) is 0 Å². The maximum atomic E-state index is 11.7.